The first-order chi connectivity index (χ1) is 15.2. The third kappa shape index (κ3) is 5.14. The zero-order chi connectivity index (χ0) is 21.2. The van der Waals surface area contributed by atoms with Gasteiger partial charge in [0.05, 0.1) is 0 Å². The van der Waals surface area contributed by atoms with Crippen LogP contribution in [0.4, 0.5) is 0 Å². The smallest absolute Gasteiger partial charge is 0.162 e. The fourth-order valence-corrected chi connectivity index (χ4v) is 6.22. The molecule has 0 N–H and O–H groups in total. The molecule has 31 heavy (non-hydrogen) atoms. The lowest BCUT2D eigenvalue weighted by Crippen LogP contribution is -2.07. The van der Waals surface area contributed by atoms with Crippen LogP contribution in [0.1, 0.15) is 102 Å². The van der Waals surface area contributed by atoms with Crippen LogP contribution in [0.3, 0.4) is 0 Å². The average molecular weight is 433 g/mol. The summed E-state index contributed by atoms with van der Waals surface area (Å²) in [5, 5.41) is 0. The molecule has 0 atom stereocenters. The predicted molar refractivity (Wildman–Crippen MR) is 126 cm³/mol. The molecule has 2 aliphatic carbocycles. The van der Waals surface area contributed by atoms with E-state index in [1.165, 1.54) is 65.9 Å². The van der Waals surface area contributed by atoms with Crippen molar-refractivity contribution in [3.05, 3.63) is 58.7 Å². The Labute approximate surface area is 190 Å². The monoisotopic (exact) mass is 432 g/mol. The van der Waals surface area contributed by atoms with Gasteiger partial charge in [0.25, 0.3) is 0 Å². The molecule has 0 spiro atoms. The molecular formula is C28H32O2S. The van der Waals surface area contributed by atoms with Gasteiger partial charge in [-0.3, -0.25) is 9.59 Å². The maximum absolute atomic E-state index is 12.8. The third-order valence-corrected chi connectivity index (χ3v) is 8.57. The largest absolute Gasteiger partial charge is 0.294 e. The Kier molecular flexibility index (Phi) is 6.31. The number of Topliss-reactive ketones (excluding diaryl/α,β-unsaturated/α-hetero) is 2. The van der Waals surface area contributed by atoms with Gasteiger partial charge in [0.1, 0.15) is 0 Å². The molecule has 0 aromatic heterocycles. The van der Waals surface area contributed by atoms with Gasteiger partial charge >= 0.3 is 0 Å². The first-order valence-electron chi connectivity index (χ1n) is 12.2. The van der Waals surface area contributed by atoms with E-state index in [1.807, 2.05) is 12.1 Å². The second-order valence-electron chi connectivity index (χ2n) is 9.79. The van der Waals surface area contributed by atoms with Crippen LogP contribution in [-0.2, 0) is 6.42 Å². The second kappa shape index (κ2) is 9.32. The lowest BCUT2D eigenvalue weighted by atomic mass is 9.95. The molecule has 3 aliphatic rings. The quantitative estimate of drug-likeness (QED) is 0.325. The van der Waals surface area contributed by atoms with Crippen LogP contribution in [0.15, 0.2) is 46.2 Å². The Hall–Kier alpha value is -1.87. The summed E-state index contributed by atoms with van der Waals surface area (Å²) in [5.74, 6) is 2.20. The molecule has 162 valence electrons. The number of benzene rings is 2. The number of carbonyl (C=O) groups excluding carboxylic acids is 2. The normalized spacial score (nSPS) is 17.9. The van der Waals surface area contributed by atoms with Crippen molar-refractivity contribution in [2.45, 2.75) is 86.8 Å². The number of carbonyl (C=O) groups is 2. The summed E-state index contributed by atoms with van der Waals surface area (Å²) in [6.45, 7) is 0. The van der Waals surface area contributed by atoms with E-state index in [-0.39, 0.29) is 11.6 Å². The lowest BCUT2D eigenvalue weighted by Gasteiger charge is -2.20. The number of hydrogen-bond acceptors (Lipinski definition) is 3. The maximum Gasteiger partial charge on any atom is 0.162 e. The van der Waals surface area contributed by atoms with E-state index in [2.05, 4.69) is 24.3 Å². The molecule has 5 rings (SSSR count). The molecule has 0 unspecified atom stereocenters. The van der Waals surface area contributed by atoms with Crippen molar-refractivity contribution in [3.8, 4) is 0 Å². The molecule has 1 heterocycles. The summed E-state index contributed by atoms with van der Waals surface area (Å²) in [6.07, 6.45) is 13.5. The van der Waals surface area contributed by atoms with Crippen molar-refractivity contribution >= 4 is 23.3 Å². The minimum absolute atomic E-state index is 0.275. The van der Waals surface area contributed by atoms with Crippen molar-refractivity contribution in [2.24, 2.45) is 11.8 Å². The third-order valence-electron chi connectivity index (χ3n) is 7.33. The van der Waals surface area contributed by atoms with Gasteiger partial charge in [0.2, 0.25) is 0 Å². The molecule has 0 bridgehead atoms. The van der Waals surface area contributed by atoms with Crippen LogP contribution >= 0.6 is 11.8 Å². The molecule has 2 aromatic rings. The van der Waals surface area contributed by atoms with Crippen molar-refractivity contribution in [3.63, 3.8) is 0 Å². The molecule has 2 aromatic carbocycles. The van der Waals surface area contributed by atoms with Gasteiger partial charge in [-0.15, -0.1) is 0 Å². The van der Waals surface area contributed by atoms with Crippen LogP contribution in [0.5, 0.6) is 0 Å². The molecule has 0 saturated heterocycles. The zero-order valence-corrected chi connectivity index (χ0v) is 19.1. The Morgan fingerprint density at radius 1 is 0.742 bits per heavy atom. The molecule has 2 fully saturated rings. The number of hydrogen-bond donors (Lipinski definition) is 0. The van der Waals surface area contributed by atoms with Crippen molar-refractivity contribution in [1.82, 2.24) is 0 Å². The fourth-order valence-electron chi connectivity index (χ4n) is 5.19. The molecule has 1 aliphatic heterocycles. The molecule has 2 saturated carbocycles. The number of rotatable bonds is 9. The van der Waals surface area contributed by atoms with Crippen LogP contribution in [0, 0.1) is 11.8 Å². The predicted octanol–water partition coefficient (Wildman–Crippen LogP) is 7.66. The standard InChI is InChI=1S/C28H32O2S/c29-25(7-3-6-19-4-1-2-5-19)21-11-14-27-23(16-21)18-24-17-22(12-15-28(24)31-27)26(30)13-10-20-8-9-20/h11-12,14-17,19-20H,1-10,13,18H2. The summed E-state index contributed by atoms with van der Waals surface area (Å²) >= 11 is 1.76. The van der Waals surface area contributed by atoms with Crippen molar-refractivity contribution in [1.29, 1.82) is 0 Å². The highest BCUT2D eigenvalue weighted by Gasteiger charge is 2.23. The Bertz CT molecular complexity index is 983. The van der Waals surface area contributed by atoms with E-state index in [9.17, 15) is 9.59 Å². The van der Waals surface area contributed by atoms with E-state index in [4.69, 9.17) is 0 Å². The number of fused-ring (bicyclic) bond motifs is 2. The van der Waals surface area contributed by atoms with Crippen LogP contribution in [-0.4, -0.2) is 11.6 Å². The summed E-state index contributed by atoms with van der Waals surface area (Å²) in [5.41, 5.74) is 4.15. The minimum atomic E-state index is 0.275. The topological polar surface area (TPSA) is 34.1 Å². The highest BCUT2D eigenvalue weighted by atomic mass is 32.2. The summed E-state index contributed by atoms with van der Waals surface area (Å²) in [4.78, 5) is 27.8. The summed E-state index contributed by atoms with van der Waals surface area (Å²) < 4.78 is 0. The Balaban J connectivity index is 1.23. The molecule has 3 heteroatoms. The van der Waals surface area contributed by atoms with Gasteiger partial charge in [0, 0.05) is 33.8 Å². The van der Waals surface area contributed by atoms with Gasteiger partial charge in [-0.2, -0.15) is 0 Å². The number of ketones is 2. The lowest BCUT2D eigenvalue weighted by molar-refractivity contribution is 0.0970. The van der Waals surface area contributed by atoms with Crippen LogP contribution in [0.25, 0.3) is 0 Å². The van der Waals surface area contributed by atoms with E-state index in [1.54, 1.807) is 11.8 Å². The van der Waals surface area contributed by atoms with Gasteiger partial charge in [-0.1, -0.05) is 68.8 Å². The van der Waals surface area contributed by atoms with Gasteiger partial charge < -0.3 is 0 Å². The zero-order valence-electron chi connectivity index (χ0n) is 18.3. The average Bonchev–Trinajstić information content (AvgIpc) is 3.48. The Morgan fingerprint density at radius 2 is 1.32 bits per heavy atom. The minimum Gasteiger partial charge on any atom is -0.294 e. The van der Waals surface area contributed by atoms with E-state index in [0.29, 0.717) is 12.8 Å². The SMILES string of the molecule is O=C(CCCC1CCCC1)c1ccc2c(c1)Cc1cc(C(=O)CCC3CC3)ccc1S2. The van der Waals surface area contributed by atoms with E-state index >= 15 is 0 Å². The Morgan fingerprint density at radius 3 is 1.94 bits per heavy atom. The van der Waals surface area contributed by atoms with E-state index in [0.717, 1.165) is 42.2 Å². The van der Waals surface area contributed by atoms with Gasteiger partial charge in [-0.25, -0.2) is 0 Å². The van der Waals surface area contributed by atoms with Crippen molar-refractivity contribution in [2.75, 3.05) is 0 Å². The van der Waals surface area contributed by atoms with Crippen LogP contribution < -0.4 is 0 Å². The highest BCUT2D eigenvalue weighted by molar-refractivity contribution is 7.99. The van der Waals surface area contributed by atoms with Crippen molar-refractivity contribution < 1.29 is 9.59 Å². The molecular weight excluding hydrogens is 400 g/mol. The summed E-state index contributed by atoms with van der Waals surface area (Å²) in [6, 6.07) is 12.4. The van der Waals surface area contributed by atoms with Gasteiger partial charge in [-0.05, 0) is 66.5 Å². The molecule has 0 radical (unpaired) electrons. The first-order valence-corrected chi connectivity index (χ1v) is 13.0. The summed E-state index contributed by atoms with van der Waals surface area (Å²) in [7, 11) is 0. The van der Waals surface area contributed by atoms with Gasteiger partial charge in [0.15, 0.2) is 11.6 Å². The van der Waals surface area contributed by atoms with Crippen LogP contribution in [0.2, 0.25) is 0 Å². The molecule has 0 amide bonds. The maximum atomic E-state index is 12.8. The molecule has 2 nitrogen and oxygen atoms in total. The highest BCUT2D eigenvalue weighted by Crippen LogP contribution is 2.41. The second-order valence-corrected chi connectivity index (χ2v) is 10.9. The first kappa shape index (κ1) is 21.0. The fraction of sp³-hybridized carbons (Fsp3) is 0.500. The van der Waals surface area contributed by atoms with E-state index < -0.39 is 0 Å².